The second kappa shape index (κ2) is 7.35. The number of nitrogens with two attached hydrogens (primary N) is 1. The van der Waals surface area contributed by atoms with E-state index in [0.717, 1.165) is 12.1 Å². The van der Waals surface area contributed by atoms with Gasteiger partial charge in [-0.15, -0.1) is 11.3 Å². The van der Waals surface area contributed by atoms with Crippen molar-refractivity contribution in [2.24, 2.45) is 5.73 Å². The van der Waals surface area contributed by atoms with Crippen LogP contribution in [0.3, 0.4) is 0 Å². The molecule has 0 saturated carbocycles. The van der Waals surface area contributed by atoms with E-state index in [-0.39, 0.29) is 19.0 Å². The average molecular weight is 345 g/mol. The van der Waals surface area contributed by atoms with Crippen LogP contribution in [0.5, 0.6) is 5.75 Å². The SMILES string of the molecule is NC(=O)[C@H]1CN(CC(=O)NCCc2cccs2)c2ccccc2O1. The predicted octanol–water partition coefficient (Wildman–Crippen LogP) is 1.16. The molecule has 0 unspecified atom stereocenters. The van der Waals surface area contributed by atoms with Gasteiger partial charge in [0, 0.05) is 11.4 Å². The van der Waals surface area contributed by atoms with Gasteiger partial charge in [0.2, 0.25) is 5.91 Å². The Morgan fingerprint density at radius 3 is 2.88 bits per heavy atom. The number of para-hydroxylation sites is 2. The fourth-order valence-electron chi connectivity index (χ4n) is 2.61. The molecule has 1 aliphatic heterocycles. The lowest BCUT2D eigenvalue weighted by molar-refractivity contribution is -0.125. The third-order valence-electron chi connectivity index (χ3n) is 3.79. The smallest absolute Gasteiger partial charge is 0.260 e. The summed E-state index contributed by atoms with van der Waals surface area (Å²) >= 11 is 1.67. The van der Waals surface area contributed by atoms with Crippen LogP contribution in [-0.2, 0) is 16.0 Å². The number of thiophene rings is 1. The van der Waals surface area contributed by atoms with E-state index < -0.39 is 12.0 Å². The topological polar surface area (TPSA) is 84.7 Å². The summed E-state index contributed by atoms with van der Waals surface area (Å²) in [4.78, 5) is 26.8. The number of hydrogen-bond donors (Lipinski definition) is 2. The maximum Gasteiger partial charge on any atom is 0.260 e. The summed E-state index contributed by atoms with van der Waals surface area (Å²) in [7, 11) is 0. The van der Waals surface area contributed by atoms with Crippen LogP contribution < -0.4 is 20.7 Å². The number of hydrogen-bond acceptors (Lipinski definition) is 5. The number of rotatable bonds is 6. The lowest BCUT2D eigenvalue weighted by Crippen LogP contribution is -2.50. The molecule has 1 aliphatic rings. The van der Waals surface area contributed by atoms with Crippen molar-refractivity contribution in [3.8, 4) is 5.75 Å². The minimum atomic E-state index is -0.751. The molecule has 3 N–H and O–H groups in total. The molecule has 1 atom stereocenters. The Morgan fingerprint density at radius 2 is 2.12 bits per heavy atom. The zero-order valence-electron chi connectivity index (χ0n) is 13.1. The second-order valence-corrected chi connectivity index (χ2v) is 6.57. The largest absolute Gasteiger partial charge is 0.477 e. The first-order valence-corrected chi connectivity index (χ1v) is 8.60. The summed E-state index contributed by atoms with van der Waals surface area (Å²) in [6, 6.07) is 11.4. The van der Waals surface area contributed by atoms with Crippen molar-refractivity contribution < 1.29 is 14.3 Å². The number of carbonyl (C=O) groups excluding carboxylic acids is 2. The standard InChI is InChI=1S/C17H19N3O3S/c18-17(22)15-10-20(13-5-1-2-6-14(13)23-15)11-16(21)19-8-7-12-4-3-9-24-12/h1-6,9,15H,7-8,10-11H2,(H2,18,22)(H,19,21)/t15-/m1/s1. The zero-order valence-corrected chi connectivity index (χ0v) is 13.9. The van der Waals surface area contributed by atoms with Crippen LogP contribution in [0, 0.1) is 0 Å². The summed E-state index contributed by atoms with van der Waals surface area (Å²) < 4.78 is 5.59. The average Bonchev–Trinajstić information content (AvgIpc) is 3.08. The molecule has 0 aliphatic carbocycles. The minimum Gasteiger partial charge on any atom is -0.477 e. The van der Waals surface area contributed by atoms with E-state index in [9.17, 15) is 9.59 Å². The molecule has 2 heterocycles. The highest BCUT2D eigenvalue weighted by atomic mass is 32.1. The van der Waals surface area contributed by atoms with Crippen LogP contribution in [0.25, 0.3) is 0 Å². The number of nitrogens with zero attached hydrogens (tertiary/aromatic N) is 1. The van der Waals surface area contributed by atoms with E-state index in [1.54, 1.807) is 17.4 Å². The third kappa shape index (κ3) is 3.86. The van der Waals surface area contributed by atoms with E-state index in [1.165, 1.54) is 4.88 Å². The Morgan fingerprint density at radius 1 is 1.29 bits per heavy atom. The molecule has 0 saturated heterocycles. The highest BCUT2D eigenvalue weighted by Gasteiger charge is 2.29. The van der Waals surface area contributed by atoms with Crippen molar-refractivity contribution in [3.63, 3.8) is 0 Å². The Hall–Kier alpha value is -2.54. The van der Waals surface area contributed by atoms with Crippen LogP contribution in [-0.4, -0.2) is 37.6 Å². The normalized spacial score (nSPS) is 16.2. The number of anilines is 1. The molecule has 0 bridgehead atoms. The monoisotopic (exact) mass is 345 g/mol. The summed E-state index contributed by atoms with van der Waals surface area (Å²) in [6.07, 6.45) is 0.0614. The lowest BCUT2D eigenvalue weighted by atomic mass is 10.2. The number of amides is 2. The number of ether oxygens (including phenoxy) is 1. The van der Waals surface area contributed by atoms with Gasteiger partial charge in [0.15, 0.2) is 6.10 Å². The van der Waals surface area contributed by atoms with Gasteiger partial charge in [-0.25, -0.2) is 0 Å². The second-order valence-electron chi connectivity index (χ2n) is 5.54. The first kappa shape index (κ1) is 16.3. The van der Waals surface area contributed by atoms with Gasteiger partial charge in [-0.1, -0.05) is 18.2 Å². The van der Waals surface area contributed by atoms with Crippen molar-refractivity contribution in [1.29, 1.82) is 0 Å². The molecule has 7 heteroatoms. The fourth-order valence-corrected chi connectivity index (χ4v) is 3.32. The van der Waals surface area contributed by atoms with Gasteiger partial charge in [0.1, 0.15) is 5.75 Å². The molecule has 24 heavy (non-hydrogen) atoms. The Balaban J connectivity index is 1.60. The number of benzene rings is 1. The van der Waals surface area contributed by atoms with Gasteiger partial charge in [0.05, 0.1) is 18.8 Å². The van der Waals surface area contributed by atoms with Crippen LogP contribution >= 0.6 is 11.3 Å². The molecule has 126 valence electrons. The highest BCUT2D eigenvalue weighted by molar-refractivity contribution is 7.09. The van der Waals surface area contributed by atoms with Gasteiger partial charge in [0.25, 0.3) is 5.91 Å². The van der Waals surface area contributed by atoms with Crippen molar-refractivity contribution in [2.45, 2.75) is 12.5 Å². The summed E-state index contributed by atoms with van der Waals surface area (Å²) in [5.74, 6) is -0.0574. The van der Waals surface area contributed by atoms with Gasteiger partial charge in [-0.05, 0) is 30.0 Å². The Kier molecular flexibility index (Phi) is 5.00. The Labute approximate surface area is 144 Å². The third-order valence-corrected chi connectivity index (χ3v) is 4.72. The molecule has 1 aromatic heterocycles. The van der Waals surface area contributed by atoms with Crippen molar-refractivity contribution in [1.82, 2.24) is 5.32 Å². The fraction of sp³-hybridized carbons (Fsp3) is 0.294. The molecule has 0 radical (unpaired) electrons. The molecule has 0 spiro atoms. The molecule has 0 fully saturated rings. The van der Waals surface area contributed by atoms with Crippen LogP contribution in [0.2, 0.25) is 0 Å². The number of carbonyl (C=O) groups is 2. The molecule has 2 amide bonds. The van der Waals surface area contributed by atoms with Crippen LogP contribution in [0.1, 0.15) is 4.88 Å². The maximum absolute atomic E-state index is 12.2. The minimum absolute atomic E-state index is 0.0912. The first-order chi connectivity index (χ1) is 11.6. The highest BCUT2D eigenvalue weighted by Crippen LogP contribution is 2.32. The molecule has 3 rings (SSSR count). The molecule has 1 aromatic carbocycles. The van der Waals surface area contributed by atoms with Crippen molar-refractivity contribution in [3.05, 3.63) is 46.7 Å². The van der Waals surface area contributed by atoms with Crippen LogP contribution in [0.15, 0.2) is 41.8 Å². The molecule has 6 nitrogen and oxygen atoms in total. The van der Waals surface area contributed by atoms with Gasteiger partial charge in [-0.3, -0.25) is 9.59 Å². The van der Waals surface area contributed by atoms with Gasteiger partial charge >= 0.3 is 0 Å². The molecular weight excluding hydrogens is 326 g/mol. The molecule has 2 aromatic rings. The first-order valence-electron chi connectivity index (χ1n) is 7.72. The van der Waals surface area contributed by atoms with Crippen molar-refractivity contribution >= 4 is 28.8 Å². The summed E-state index contributed by atoms with van der Waals surface area (Å²) in [5, 5.41) is 4.93. The van der Waals surface area contributed by atoms with Gasteiger partial charge < -0.3 is 20.7 Å². The number of fused-ring (bicyclic) bond motifs is 1. The summed E-state index contributed by atoms with van der Waals surface area (Å²) in [5.41, 5.74) is 6.16. The van der Waals surface area contributed by atoms with E-state index in [1.807, 2.05) is 40.6 Å². The quantitative estimate of drug-likeness (QED) is 0.823. The van der Waals surface area contributed by atoms with E-state index in [2.05, 4.69) is 5.32 Å². The predicted molar refractivity (Wildman–Crippen MR) is 93.3 cm³/mol. The van der Waals surface area contributed by atoms with E-state index in [4.69, 9.17) is 10.5 Å². The van der Waals surface area contributed by atoms with Gasteiger partial charge in [-0.2, -0.15) is 0 Å². The maximum atomic E-state index is 12.2. The summed E-state index contributed by atoms with van der Waals surface area (Å²) in [6.45, 7) is 1.02. The number of nitrogens with one attached hydrogen (secondary N) is 1. The lowest BCUT2D eigenvalue weighted by Gasteiger charge is -2.34. The zero-order chi connectivity index (χ0) is 16.9. The van der Waals surface area contributed by atoms with E-state index >= 15 is 0 Å². The van der Waals surface area contributed by atoms with Crippen molar-refractivity contribution in [2.75, 3.05) is 24.5 Å². The Bertz CT molecular complexity index is 718. The molecular formula is C17H19N3O3S. The number of primary amides is 1. The van der Waals surface area contributed by atoms with Crippen LogP contribution in [0.4, 0.5) is 5.69 Å². The van der Waals surface area contributed by atoms with E-state index in [0.29, 0.717) is 12.3 Å².